The zero-order valence-electron chi connectivity index (χ0n) is 17.2. The van der Waals surface area contributed by atoms with Gasteiger partial charge in [0, 0.05) is 10.7 Å². The molecule has 0 bridgehead atoms. The van der Waals surface area contributed by atoms with E-state index in [4.69, 9.17) is 11.6 Å². The van der Waals surface area contributed by atoms with Gasteiger partial charge in [-0.1, -0.05) is 49.7 Å². The molecule has 1 amide bonds. The van der Waals surface area contributed by atoms with Crippen molar-refractivity contribution in [3.05, 3.63) is 82.4 Å². The van der Waals surface area contributed by atoms with Gasteiger partial charge in [0.25, 0.3) is 0 Å². The van der Waals surface area contributed by atoms with Crippen molar-refractivity contribution in [3.63, 3.8) is 0 Å². The van der Waals surface area contributed by atoms with Gasteiger partial charge in [-0.05, 0) is 65.9 Å². The normalized spacial score (nSPS) is 11.2. The lowest BCUT2D eigenvalue weighted by molar-refractivity contribution is -0.115. The molecule has 1 aromatic heterocycles. The second-order valence-electron chi connectivity index (χ2n) is 7.74. The number of carbonyl (C=O) groups excluding carboxylic acids is 1. The fraction of sp³-hybridized carbons (Fsp3) is 0.208. The SMILES string of the molecule is Cc1cc2nn(-c3ccc(C(C)C)cc3)nc2cc1NC(=O)Cc1ccc(Cl)cc1. The first kappa shape index (κ1) is 20.1. The highest BCUT2D eigenvalue weighted by atomic mass is 35.5. The molecule has 5 nitrogen and oxygen atoms in total. The van der Waals surface area contributed by atoms with Gasteiger partial charge in [-0.15, -0.1) is 10.2 Å². The minimum atomic E-state index is -0.0866. The van der Waals surface area contributed by atoms with Crippen LogP contribution < -0.4 is 5.32 Å². The summed E-state index contributed by atoms with van der Waals surface area (Å²) in [6, 6.07) is 19.3. The number of nitrogens with zero attached hydrogens (tertiary/aromatic N) is 3. The molecule has 0 unspecified atom stereocenters. The van der Waals surface area contributed by atoms with E-state index >= 15 is 0 Å². The van der Waals surface area contributed by atoms with Gasteiger partial charge in [0.05, 0.1) is 12.1 Å². The minimum absolute atomic E-state index is 0.0866. The Morgan fingerprint density at radius 3 is 2.27 bits per heavy atom. The highest BCUT2D eigenvalue weighted by molar-refractivity contribution is 6.30. The lowest BCUT2D eigenvalue weighted by atomic mass is 10.0. The molecular formula is C24H23ClN4O. The molecule has 4 rings (SSSR count). The first-order chi connectivity index (χ1) is 14.4. The maximum Gasteiger partial charge on any atom is 0.228 e. The minimum Gasteiger partial charge on any atom is -0.325 e. The average Bonchev–Trinajstić information content (AvgIpc) is 3.12. The van der Waals surface area contributed by atoms with Crippen molar-refractivity contribution in [2.45, 2.75) is 33.1 Å². The topological polar surface area (TPSA) is 59.8 Å². The van der Waals surface area contributed by atoms with E-state index in [0.717, 1.165) is 33.5 Å². The molecule has 6 heteroatoms. The van der Waals surface area contributed by atoms with Crippen molar-refractivity contribution in [1.82, 2.24) is 15.0 Å². The van der Waals surface area contributed by atoms with Gasteiger partial charge in [-0.25, -0.2) is 0 Å². The number of hydrogen-bond donors (Lipinski definition) is 1. The summed E-state index contributed by atoms with van der Waals surface area (Å²) in [5.74, 6) is 0.391. The van der Waals surface area contributed by atoms with E-state index in [2.05, 4.69) is 41.5 Å². The maximum absolute atomic E-state index is 12.5. The van der Waals surface area contributed by atoms with Crippen LogP contribution in [-0.2, 0) is 11.2 Å². The summed E-state index contributed by atoms with van der Waals surface area (Å²) in [6.45, 7) is 6.29. The fourth-order valence-electron chi connectivity index (χ4n) is 3.29. The molecule has 0 fully saturated rings. The Morgan fingerprint density at radius 1 is 1.00 bits per heavy atom. The van der Waals surface area contributed by atoms with Crippen molar-refractivity contribution in [1.29, 1.82) is 0 Å². The van der Waals surface area contributed by atoms with Gasteiger partial charge in [-0.2, -0.15) is 4.80 Å². The molecule has 30 heavy (non-hydrogen) atoms. The number of amides is 1. The summed E-state index contributed by atoms with van der Waals surface area (Å²) >= 11 is 5.91. The molecule has 0 aliphatic carbocycles. The number of fused-ring (bicyclic) bond motifs is 1. The number of halogens is 1. The van der Waals surface area contributed by atoms with E-state index in [1.165, 1.54) is 5.56 Å². The van der Waals surface area contributed by atoms with E-state index in [1.807, 2.05) is 43.3 Å². The van der Waals surface area contributed by atoms with E-state index in [0.29, 0.717) is 10.9 Å². The number of carbonyl (C=O) groups is 1. The highest BCUT2D eigenvalue weighted by Gasteiger charge is 2.11. The first-order valence-electron chi connectivity index (χ1n) is 9.91. The highest BCUT2D eigenvalue weighted by Crippen LogP contribution is 2.23. The summed E-state index contributed by atoms with van der Waals surface area (Å²) in [5, 5.41) is 12.8. The van der Waals surface area contributed by atoms with Crippen LogP contribution in [0.15, 0.2) is 60.7 Å². The number of nitrogens with one attached hydrogen (secondary N) is 1. The lowest BCUT2D eigenvalue weighted by Gasteiger charge is -2.08. The molecule has 0 spiro atoms. The van der Waals surface area contributed by atoms with Gasteiger partial charge in [0.15, 0.2) is 0 Å². The lowest BCUT2D eigenvalue weighted by Crippen LogP contribution is -2.15. The third kappa shape index (κ3) is 4.36. The van der Waals surface area contributed by atoms with Gasteiger partial charge in [0.2, 0.25) is 5.91 Å². The molecule has 3 aromatic carbocycles. The Morgan fingerprint density at radius 2 is 1.63 bits per heavy atom. The van der Waals surface area contributed by atoms with Crippen LogP contribution in [0.3, 0.4) is 0 Å². The molecule has 0 radical (unpaired) electrons. The Hall–Kier alpha value is -3.18. The van der Waals surface area contributed by atoms with Gasteiger partial charge < -0.3 is 5.32 Å². The third-order valence-electron chi connectivity index (χ3n) is 5.07. The summed E-state index contributed by atoms with van der Waals surface area (Å²) in [4.78, 5) is 14.1. The van der Waals surface area contributed by atoms with Crippen molar-refractivity contribution < 1.29 is 4.79 Å². The second kappa shape index (κ2) is 8.28. The number of benzene rings is 3. The molecule has 4 aromatic rings. The van der Waals surface area contributed by atoms with Gasteiger partial charge in [0.1, 0.15) is 11.0 Å². The number of aryl methyl sites for hydroxylation is 1. The Kier molecular flexibility index (Phi) is 5.55. The fourth-order valence-corrected chi connectivity index (χ4v) is 3.42. The maximum atomic E-state index is 12.5. The predicted molar refractivity (Wildman–Crippen MR) is 121 cm³/mol. The monoisotopic (exact) mass is 418 g/mol. The van der Waals surface area contributed by atoms with Crippen molar-refractivity contribution >= 4 is 34.2 Å². The molecule has 0 aliphatic heterocycles. The van der Waals surface area contributed by atoms with Gasteiger partial charge in [-0.3, -0.25) is 4.79 Å². The third-order valence-corrected chi connectivity index (χ3v) is 5.32. The van der Waals surface area contributed by atoms with Crippen LogP contribution in [0.2, 0.25) is 5.02 Å². The van der Waals surface area contributed by atoms with E-state index in [-0.39, 0.29) is 12.3 Å². The molecular weight excluding hydrogens is 396 g/mol. The van der Waals surface area contributed by atoms with Crippen molar-refractivity contribution in [2.24, 2.45) is 0 Å². The van der Waals surface area contributed by atoms with Crippen LogP contribution in [0, 0.1) is 6.92 Å². The van der Waals surface area contributed by atoms with Crippen LogP contribution in [0.5, 0.6) is 0 Å². The standard InChI is InChI=1S/C24H23ClN4O/c1-15(2)18-6-10-20(11-7-18)29-27-22-12-16(3)21(14-23(22)28-29)26-24(30)13-17-4-8-19(25)9-5-17/h4-12,14-15H,13H2,1-3H3,(H,26,30). The summed E-state index contributed by atoms with van der Waals surface area (Å²) < 4.78 is 0. The number of rotatable bonds is 5. The average molecular weight is 419 g/mol. The van der Waals surface area contributed by atoms with Crippen molar-refractivity contribution in [2.75, 3.05) is 5.32 Å². The van der Waals surface area contributed by atoms with Crippen LogP contribution >= 0.6 is 11.6 Å². The number of hydrogen-bond acceptors (Lipinski definition) is 3. The van der Waals surface area contributed by atoms with Crippen molar-refractivity contribution in [3.8, 4) is 5.69 Å². The zero-order valence-corrected chi connectivity index (χ0v) is 17.9. The van der Waals surface area contributed by atoms with E-state index < -0.39 is 0 Å². The van der Waals surface area contributed by atoms with Crippen LogP contribution in [0.25, 0.3) is 16.7 Å². The molecule has 0 saturated carbocycles. The number of anilines is 1. The molecule has 0 atom stereocenters. The Labute approximate surface area is 180 Å². The van der Waals surface area contributed by atoms with Crippen LogP contribution in [0.4, 0.5) is 5.69 Å². The van der Waals surface area contributed by atoms with Crippen LogP contribution in [-0.4, -0.2) is 20.9 Å². The largest absolute Gasteiger partial charge is 0.325 e. The zero-order chi connectivity index (χ0) is 21.3. The first-order valence-corrected chi connectivity index (χ1v) is 10.3. The summed E-state index contributed by atoms with van der Waals surface area (Å²) in [7, 11) is 0. The van der Waals surface area contributed by atoms with E-state index in [1.54, 1.807) is 16.9 Å². The molecule has 0 aliphatic rings. The predicted octanol–water partition coefficient (Wildman–Crippen LogP) is 5.69. The summed E-state index contributed by atoms with van der Waals surface area (Å²) in [6.07, 6.45) is 0.281. The molecule has 0 saturated heterocycles. The molecule has 1 N–H and O–H groups in total. The smallest absolute Gasteiger partial charge is 0.228 e. The molecule has 1 heterocycles. The Bertz CT molecular complexity index is 1190. The van der Waals surface area contributed by atoms with Crippen LogP contribution in [0.1, 0.15) is 36.5 Å². The van der Waals surface area contributed by atoms with E-state index in [9.17, 15) is 4.79 Å². The summed E-state index contributed by atoms with van der Waals surface area (Å²) in [5.41, 5.74) is 6.29. The molecule has 152 valence electrons. The Balaban J connectivity index is 1.55. The number of aromatic nitrogens is 3. The van der Waals surface area contributed by atoms with Gasteiger partial charge >= 0.3 is 0 Å². The second-order valence-corrected chi connectivity index (χ2v) is 8.18. The quantitative estimate of drug-likeness (QED) is 0.453.